The molecule has 4 nitrogen and oxygen atoms in total. The number of anilines is 1. The highest BCUT2D eigenvalue weighted by Gasteiger charge is 2.27. The van der Waals surface area contributed by atoms with Crippen LogP contribution in [0.5, 0.6) is 5.88 Å². The molecule has 5 heteroatoms. The first-order valence-corrected chi connectivity index (χ1v) is 8.17. The Labute approximate surface area is 126 Å². The van der Waals surface area contributed by atoms with Gasteiger partial charge in [0.1, 0.15) is 0 Å². The van der Waals surface area contributed by atoms with Gasteiger partial charge in [-0.05, 0) is 24.7 Å². The number of methoxy groups -OCH3 is 1. The Hall–Kier alpha value is -0.810. The van der Waals surface area contributed by atoms with Gasteiger partial charge in [-0.25, -0.2) is 0 Å². The van der Waals surface area contributed by atoms with Crippen LogP contribution in [0.3, 0.4) is 0 Å². The van der Waals surface area contributed by atoms with Gasteiger partial charge in [0, 0.05) is 26.7 Å². The third-order valence-electron chi connectivity index (χ3n) is 3.98. The van der Waals surface area contributed by atoms with Gasteiger partial charge in [0.05, 0.1) is 12.0 Å². The van der Waals surface area contributed by atoms with E-state index >= 15 is 0 Å². The molecule has 2 rings (SSSR count). The fourth-order valence-corrected chi connectivity index (χ4v) is 3.80. The summed E-state index contributed by atoms with van der Waals surface area (Å²) < 4.78 is 5.39. The SMILES string of the molecule is COc1nc(N(C)C)sc1CNC1CCCC(C)(C)C1. The van der Waals surface area contributed by atoms with E-state index < -0.39 is 0 Å². The molecule has 1 aliphatic rings. The third-order valence-corrected chi connectivity index (χ3v) is 5.19. The molecule has 1 aliphatic carbocycles. The van der Waals surface area contributed by atoms with Crippen molar-refractivity contribution >= 4 is 16.5 Å². The smallest absolute Gasteiger partial charge is 0.230 e. The normalized spacial score (nSPS) is 21.8. The quantitative estimate of drug-likeness (QED) is 0.905. The van der Waals surface area contributed by atoms with E-state index in [9.17, 15) is 0 Å². The Morgan fingerprint density at radius 2 is 2.20 bits per heavy atom. The maximum absolute atomic E-state index is 5.39. The number of nitrogens with one attached hydrogen (secondary N) is 1. The molecule has 0 radical (unpaired) electrons. The van der Waals surface area contributed by atoms with Gasteiger partial charge in [-0.2, -0.15) is 4.98 Å². The van der Waals surface area contributed by atoms with Crippen molar-refractivity contribution in [3.05, 3.63) is 4.88 Å². The Morgan fingerprint density at radius 3 is 2.80 bits per heavy atom. The molecule has 114 valence electrons. The summed E-state index contributed by atoms with van der Waals surface area (Å²) in [6.07, 6.45) is 5.22. The molecule has 20 heavy (non-hydrogen) atoms. The van der Waals surface area contributed by atoms with Crippen LogP contribution in [0, 0.1) is 5.41 Å². The van der Waals surface area contributed by atoms with Gasteiger partial charge in [0.15, 0.2) is 5.13 Å². The van der Waals surface area contributed by atoms with Crippen molar-refractivity contribution in [1.82, 2.24) is 10.3 Å². The van der Waals surface area contributed by atoms with Crippen LogP contribution in [0.1, 0.15) is 44.4 Å². The van der Waals surface area contributed by atoms with E-state index in [4.69, 9.17) is 4.74 Å². The summed E-state index contributed by atoms with van der Waals surface area (Å²) in [6, 6.07) is 0.619. The zero-order valence-corrected chi connectivity index (χ0v) is 14.1. The van der Waals surface area contributed by atoms with Gasteiger partial charge in [-0.3, -0.25) is 0 Å². The van der Waals surface area contributed by atoms with Crippen molar-refractivity contribution in [1.29, 1.82) is 0 Å². The van der Waals surface area contributed by atoms with Crippen molar-refractivity contribution in [2.75, 3.05) is 26.1 Å². The van der Waals surface area contributed by atoms with Crippen LogP contribution in [0.25, 0.3) is 0 Å². The van der Waals surface area contributed by atoms with E-state index in [2.05, 4.69) is 24.1 Å². The van der Waals surface area contributed by atoms with Crippen LogP contribution in [0.2, 0.25) is 0 Å². The lowest BCUT2D eigenvalue weighted by Crippen LogP contribution is -2.36. The van der Waals surface area contributed by atoms with Gasteiger partial charge >= 0.3 is 0 Å². The summed E-state index contributed by atoms with van der Waals surface area (Å²) in [6.45, 7) is 5.60. The molecule has 1 fully saturated rings. The number of rotatable bonds is 5. The standard InChI is InChI=1S/C15H27N3OS/c1-15(2)8-6-7-11(9-15)16-10-12-13(19-5)17-14(20-12)18(3)4/h11,16H,6-10H2,1-5H3. The minimum atomic E-state index is 0.475. The van der Waals surface area contributed by atoms with Crippen molar-refractivity contribution in [3.63, 3.8) is 0 Å². The lowest BCUT2D eigenvalue weighted by Gasteiger charge is -2.35. The Morgan fingerprint density at radius 1 is 1.45 bits per heavy atom. The predicted molar refractivity (Wildman–Crippen MR) is 85.9 cm³/mol. The fraction of sp³-hybridized carbons (Fsp3) is 0.800. The van der Waals surface area contributed by atoms with Crippen molar-refractivity contribution < 1.29 is 4.74 Å². The van der Waals surface area contributed by atoms with Crippen LogP contribution in [-0.2, 0) is 6.54 Å². The maximum Gasteiger partial charge on any atom is 0.230 e. The number of thiazole rings is 1. The molecule has 1 N–H and O–H groups in total. The largest absolute Gasteiger partial charge is 0.480 e. The molecule has 1 aromatic heterocycles. The maximum atomic E-state index is 5.39. The van der Waals surface area contributed by atoms with Gasteiger partial charge in [-0.1, -0.05) is 31.6 Å². The van der Waals surface area contributed by atoms with E-state index in [0.29, 0.717) is 11.5 Å². The molecule has 1 saturated carbocycles. The van der Waals surface area contributed by atoms with Crippen molar-refractivity contribution in [3.8, 4) is 5.88 Å². The van der Waals surface area contributed by atoms with Crippen LogP contribution in [-0.4, -0.2) is 32.2 Å². The second-order valence-corrected chi connectivity index (χ2v) is 7.72. The first-order chi connectivity index (χ1) is 9.41. The van der Waals surface area contributed by atoms with E-state index in [0.717, 1.165) is 17.6 Å². The zero-order valence-electron chi connectivity index (χ0n) is 13.3. The second-order valence-electron chi connectivity index (χ2n) is 6.66. The van der Waals surface area contributed by atoms with Crippen LogP contribution < -0.4 is 15.0 Å². The van der Waals surface area contributed by atoms with Crippen molar-refractivity contribution in [2.24, 2.45) is 5.41 Å². The Bertz CT molecular complexity index is 442. The number of aromatic nitrogens is 1. The molecule has 0 bridgehead atoms. The summed E-state index contributed by atoms with van der Waals surface area (Å²) in [5.41, 5.74) is 0.475. The third kappa shape index (κ3) is 3.85. The highest BCUT2D eigenvalue weighted by Crippen LogP contribution is 2.36. The predicted octanol–water partition coefficient (Wildman–Crippen LogP) is 3.28. The average Bonchev–Trinajstić information content (AvgIpc) is 2.78. The average molecular weight is 297 g/mol. The zero-order chi connectivity index (χ0) is 14.8. The number of ether oxygens (including phenoxy) is 1. The monoisotopic (exact) mass is 297 g/mol. The number of hydrogen-bond acceptors (Lipinski definition) is 5. The molecular weight excluding hydrogens is 270 g/mol. The lowest BCUT2D eigenvalue weighted by molar-refractivity contribution is 0.197. The molecule has 1 aromatic rings. The number of nitrogens with zero attached hydrogens (tertiary/aromatic N) is 2. The molecule has 0 saturated heterocycles. The number of hydrogen-bond donors (Lipinski definition) is 1. The van der Waals surface area contributed by atoms with Gasteiger partial charge in [0.25, 0.3) is 0 Å². The van der Waals surface area contributed by atoms with Crippen LogP contribution in [0.4, 0.5) is 5.13 Å². The molecule has 1 atom stereocenters. The first kappa shape index (κ1) is 15.6. The van der Waals surface area contributed by atoms with Crippen LogP contribution in [0.15, 0.2) is 0 Å². The molecule has 1 unspecified atom stereocenters. The van der Waals surface area contributed by atoms with Gasteiger partial charge in [0.2, 0.25) is 5.88 Å². The highest BCUT2D eigenvalue weighted by molar-refractivity contribution is 7.15. The van der Waals surface area contributed by atoms with Crippen LogP contribution >= 0.6 is 11.3 Å². The second kappa shape index (κ2) is 6.31. The lowest BCUT2D eigenvalue weighted by atomic mass is 9.75. The molecule has 0 aliphatic heterocycles. The van der Waals surface area contributed by atoms with E-state index in [-0.39, 0.29) is 0 Å². The van der Waals surface area contributed by atoms with Gasteiger partial charge in [-0.15, -0.1) is 0 Å². The molecule has 0 aromatic carbocycles. The summed E-state index contributed by atoms with van der Waals surface area (Å²) in [4.78, 5) is 7.72. The molecule has 0 amide bonds. The minimum Gasteiger partial charge on any atom is -0.480 e. The van der Waals surface area contributed by atoms with E-state index in [1.807, 2.05) is 19.0 Å². The fourth-order valence-electron chi connectivity index (χ4n) is 2.90. The summed E-state index contributed by atoms with van der Waals surface area (Å²) in [7, 11) is 5.72. The summed E-state index contributed by atoms with van der Waals surface area (Å²) >= 11 is 1.71. The molecule has 1 heterocycles. The summed E-state index contributed by atoms with van der Waals surface area (Å²) in [5.74, 6) is 0.765. The first-order valence-electron chi connectivity index (χ1n) is 7.36. The summed E-state index contributed by atoms with van der Waals surface area (Å²) in [5, 5.41) is 4.69. The Balaban J connectivity index is 1.96. The van der Waals surface area contributed by atoms with E-state index in [1.165, 1.54) is 30.6 Å². The molecule has 0 spiro atoms. The topological polar surface area (TPSA) is 37.4 Å². The highest BCUT2D eigenvalue weighted by atomic mass is 32.1. The van der Waals surface area contributed by atoms with E-state index in [1.54, 1.807) is 18.4 Å². The van der Waals surface area contributed by atoms with Gasteiger partial charge < -0.3 is 15.0 Å². The van der Waals surface area contributed by atoms with Crippen molar-refractivity contribution in [2.45, 2.75) is 52.1 Å². The molecular formula is C15H27N3OS. The Kier molecular flexibility index (Phi) is 4.91. The minimum absolute atomic E-state index is 0.475.